The lowest BCUT2D eigenvalue weighted by molar-refractivity contribution is 0.410. The van der Waals surface area contributed by atoms with Crippen LogP contribution in [0.1, 0.15) is 5.56 Å². The van der Waals surface area contributed by atoms with Gasteiger partial charge in [0.05, 0.1) is 23.6 Å². The van der Waals surface area contributed by atoms with E-state index in [1.54, 1.807) is 11.8 Å². The number of rotatable bonds is 2. The number of hydrogen-bond donors (Lipinski definition) is 0. The quantitative estimate of drug-likeness (QED) is 0.832. The molecule has 2 atom stereocenters. The zero-order valence-corrected chi connectivity index (χ0v) is 13.4. The minimum absolute atomic E-state index is 0.0210. The van der Waals surface area contributed by atoms with Gasteiger partial charge in [0, 0.05) is 17.8 Å². The van der Waals surface area contributed by atoms with Crippen molar-refractivity contribution in [2.24, 2.45) is 4.99 Å². The summed E-state index contributed by atoms with van der Waals surface area (Å²) in [5.74, 6) is 1.22. The van der Waals surface area contributed by atoms with Crippen molar-refractivity contribution < 1.29 is 8.42 Å². The van der Waals surface area contributed by atoms with Crippen molar-refractivity contribution in [1.82, 2.24) is 4.90 Å². The summed E-state index contributed by atoms with van der Waals surface area (Å²) in [4.78, 5) is 6.57. The van der Waals surface area contributed by atoms with Gasteiger partial charge in [-0.05, 0) is 17.7 Å². The van der Waals surface area contributed by atoms with Gasteiger partial charge in [0.2, 0.25) is 0 Å². The molecule has 1 aromatic rings. The first-order chi connectivity index (χ1) is 9.44. The van der Waals surface area contributed by atoms with Gasteiger partial charge < -0.3 is 4.90 Å². The lowest BCUT2D eigenvalue weighted by atomic mass is 10.2. The number of nitrogens with zero attached hydrogens (tertiary/aromatic N) is 2. The molecule has 4 nitrogen and oxygen atoms in total. The van der Waals surface area contributed by atoms with Crippen molar-refractivity contribution in [3.63, 3.8) is 0 Å². The van der Waals surface area contributed by atoms with Crippen LogP contribution in [0.4, 0.5) is 0 Å². The number of thioether (sulfide) groups is 1. The molecule has 0 spiro atoms. The monoisotopic (exact) mass is 330 g/mol. The SMILES string of the molecule is CN1C(SCc2ccc(Cl)cc2)=N[C@H]2CS(=O)(=O)C[C@@H]21. The van der Waals surface area contributed by atoms with E-state index in [1.165, 1.54) is 5.56 Å². The zero-order chi connectivity index (χ0) is 14.3. The predicted molar refractivity (Wildman–Crippen MR) is 84.2 cm³/mol. The van der Waals surface area contributed by atoms with Crippen molar-refractivity contribution >= 4 is 38.4 Å². The average molecular weight is 331 g/mol. The van der Waals surface area contributed by atoms with Gasteiger partial charge in [0.15, 0.2) is 15.0 Å². The fourth-order valence-electron chi connectivity index (χ4n) is 2.55. The minimum atomic E-state index is -2.91. The van der Waals surface area contributed by atoms with Crippen LogP contribution in [0.25, 0.3) is 0 Å². The van der Waals surface area contributed by atoms with Crippen LogP contribution in [-0.4, -0.2) is 49.1 Å². The van der Waals surface area contributed by atoms with Gasteiger partial charge in [-0.1, -0.05) is 35.5 Å². The Hall–Kier alpha value is -0.720. The number of hydrogen-bond acceptors (Lipinski definition) is 5. The number of fused-ring (bicyclic) bond motifs is 1. The maximum Gasteiger partial charge on any atom is 0.159 e. The fourth-order valence-corrected chi connectivity index (χ4v) is 5.63. The lowest BCUT2D eigenvalue weighted by Gasteiger charge is -2.20. The molecule has 2 aliphatic rings. The van der Waals surface area contributed by atoms with Gasteiger partial charge in [0.25, 0.3) is 0 Å². The Morgan fingerprint density at radius 3 is 2.70 bits per heavy atom. The van der Waals surface area contributed by atoms with Crippen LogP contribution in [0.3, 0.4) is 0 Å². The number of sulfone groups is 1. The van der Waals surface area contributed by atoms with Gasteiger partial charge in [0.1, 0.15) is 0 Å². The second-order valence-corrected chi connectivity index (χ2v) is 8.68. The first-order valence-electron chi connectivity index (χ1n) is 6.33. The van der Waals surface area contributed by atoms with E-state index in [4.69, 9.17) is 11.6 Å². The third-order valence-corrected chi connectivity index (χ3v) is 6.73. The van der Waals surface area contributed by atoms with Crippen LogP contribution in [-0.2, 0) is 15.6 Å². The van der Waals surface area contributed by atoms with Crippen molar-refractivity contribution in [2.75, 3.05) is 18.6 Å². The molecule has 20 heavy (non-hydrogen) atoms. The van der Waals surface area contributed by atoms with Crippen molar-refractivity contribution in [3.05, 3.63) is 34.9 Å². The maximum absolute atomic E-state index is 11.6. The zero-order valence-electron chi connectivity index (χ0n) is 11.0. The van der Waals surface area contributed by atoms with Gasteiger partial charge >= 0.3 is 0 Å². The second-order valence-electron chi connectivity index (χ2n) is 5.15. The Kier molecular flexibility index (Phi) is 3.73. The molecule has 3 rings (SSSR count). The standard InChI is InChI=1S/C13H15ClN2O2S2/c1-16-12-8-20(17,18)7-11(12)15-13(16)19-6-9-2-4-10(14)5-3-9/h2-5,11-12H,6-8H2,1H3/t11-,12-/m0/s1. The van der Waals surface area contributed by atoms with E-state index in [2.05, 4.69) is 4.99 Å². The van der Waals surface area contributed by atoms with Crippen LogP contribution in [0.15, 0.2) is 29.3 Å². The molecule has 0 saturated carbocycles. The van der Waals surface area contributed by atoms with E-state index in [9.17, 15) is 8.42 Å². The Morgan fingerprint density at radius 1 is 1.35 bits per heavy atom. The Balaban J connectivity index is 1.66. The van der Waals surface area contributed by atoms with Crippen molar-refractivity contribution in [2.45, 2.75) is 17.8 Å². The molecular weight excluding hydrogens is 316 g/mol. The van der Waals surface area contributed by atoms with Gasteiger partial charge in [-0.25, -0.2) is 8.42 Å². The summed E-state index contributed by atoms with van der Waals surface area (Å²) < 4.78 is 23.2. The highest BCUT2D eigenvalue weighted by molar-refractivity contribution is 8.13. The second kappa shape index (κ2) is 5.24. The number of likely N-dealkylation sites (N-methyl/N-ethyl adjacent to an activating group) is 1. The average Bonchev–Trinajstić information content (AvgIpc) is 2.83. The molecule has 1 saturated heterocycles. The molecule has 7 heteroatoms. The first-order valence-corrected chi connectivity index (χ1v) is 9.51. The summed E-state index contributed by atoms with van der Waals surface area (Å²) in [7, 11) is -0.977. The van der Waals surface area contributed by atoms with E-state index < -0.39 is 9.84 Å². The summed E-state index contributed by atoms with van der Waals surface area (Å²) in [6.45, 7) is 0. The van der Waals surface area contributed by atoms with E-state index in [0.29, 0.717) is 0 Å². The smallest absolute Gasteiger partial charge is 0.159 e. The molecule has 0 N–H and O–H groups in total. The van der Waals surface area contributed by atoms with E-state index in [-0.39, 0.29) is 23.6 Å². The normalized spacial score (nSPS) is 27.5. The molecule has 0 radical (unpaired) electrons. The molecule has 0 aromatic heterocycles. The highest BCUT2D eigenvalue weighted by Gasteiger charge is 2.44. The fraction of sp³-hybridized carbons (Fsp3) is 0.462. The lowest BCUT2D eigenvalue weighted by Crippen LogP contribution is -2.35. The summed E-state index contributed by atoms with van der Waals surface area (Å²) in [5, 5.41) is 1.67. The Morgan fingerprint density at radius 2 is 2.05 bits per heavy atom. The molecule has 2 aliphatic heterocycles. The van der Waals surface area contributed by atoms with Crippen LogP contribution >= 0.6 is 23.4 Å². The van der Waals surface area contributed by atoms with Gasteiger partial charge in [-0.3, -0.25) is 4.99 Å². The summed E-state index contributed by atoms with van der Waals surface area (Å²) in [6, 6.07) is 7.68. The topological polar surface area (TPSA) is 49.7 Å². The maximum atomic E-state index is 11.6. The largest absolute Gasteiger partial charge is 0.348 e. The van der Waals surface area contributed by atoms with Crippen LogP contribution in [0.5, 0.6) is 0 Å². The van der Waals surface area contributed by atoms with E-state index in [1.807, 2.05) is 36.2 Å². The molecule has 1 fully saturated rings. The Bertz CT molecular complexity index is 643. The summed E-state index contributed by atoms with van der Waals surface area (Å²) >= 11 is 7.50. The van der Waals surface area contributed by atoms with Crippen molar-refractivity contribution in [1.29, 1.82) is 0 Å². The molecule has 0 unspecified atom stereocenters. The number of aliphatic imine (C=N–C) groups is 1. The molecule has 0 aliphatic carbocycles. The molecule has 2 heterocycles. The van der Waals surface area contributed by atoms with Crippen LogP contribution in [0, 0.1) is 0 Å². The third-order valence-electron chi connectivity index (χ3n) is 3.65. The van der Waals surface area contributed by atoms with Crippen LogP contribution < -0.4 is 0 Å². The number of benzene rings is 1. The highest BCUT2D eigenvalue weighted by Crippen LogP contribution is 2.30. The van der Waals surface area contributed by atoms with E-state index in [0.717, 1.165) is 15.9 Å². The summed E-state index contributed by atoms with van der Waals surface area (Å²) in [5.41, 5.74) is 1.18. The molecule has 108 valence electrons. The third kappa shape index (κ3) is 2.82. The first kappa shape index (κ1) is 14.2. The molecular formula is C13H15ClN2O2S2. The minimum Gasteiger partial charge on any atom is -0.348 e. The number of halogens is 1. The number of amidine groups is 1. The highest BCUT2D eigenvalue weighted by atomic mass is 35.5. The summed E-state index contributed by atoms with van der Waals surface area (Å²) in [6.07, 6.45) is 0. The van der Waals surface area contributed by atoms with Crippen LogP contribution in [0.2, 0.25) is 5.02 Å². The predicted octanol–water partition coefficient (Wildman–Crippen LogP) is 2.04. The van der Waals surface area contributed by atoms with E-state index >= 15 is 0 Å². The van der Waals surface area contributed by atoms with Gasteiger partial charge in [-0.15, -0.1) is 0 Å². The molecule has 0 bridgehead atoms. The molecule has 0 amide bonds. The van der Waals surface area contributed by atoms with Crippen molar-refractivity contribution in [3.8, 4) is 0 Å². The van der Waals surface area contributed by atoms with Gasteiger partial charge in [-0.2, -0.15) is 0 Å². The Labute approximate surface area is 128 Å². The molecule has 1 aromatic carbocycles.